The SMILES string of the molecule is CC(=O)O[C@H]1C[C@H](O)[C@H](C)[C@H]2[C@@]1(C)[C@]1(OC(C)=O)CC/C(C)=C\[C@@H]3OC(=O)[C@@]4(C)O[C@]34[C@]21O. The van der Waals surface area contributed by atoms with E-state index >= 15 is 0 Å². The van der Waals surface area contributed by atoms with Gasteiger partial charge in [-0.15, -0.1) is 0 Å². The number of fused-ring (bicyclic) bond motifs is 4. The van der Waals surface area contributed by atoms with E-state index in [9.17, 15) is 24.6 Å². The summed E-state index contributed by atoms with van der Waals surface area (Å²) in [6, 6.07) is 0. The van der Waals surface area contributed by atoms with Crippen LogP contribution < -0.4 is 0 Å². The van der Waals surface area contributed by atoms with Gasteiger partial charge in [-0.3, -0.25) is 9.59 Å². The molecular weight excluding hydrogens is 432 g/mol. The number of hydrogen-bond acceptors (Lipinski definition) is 9. The van der Waals surface area contributed by atoms with Crippen LogP contribution in [0.4, 0.5) is 0 Å². The van der Waals surface area contributed by atoms with E-state index in [2.05, 4.69) is 0 Å². The van der Waals surface area contributed by atoms with Crippen molar-refractivity contribution in [1.29, 1.82) is 0 Å². The van der Waals surface area contributed by atoms with Crippen molar-refractivity contribution in [3.05, 3.63) is 11.6 Å². The zero-order valence-electron chi connectivity index (χ0n) is 19.8. The Morgan fingerprint density at radius 3 is 2.45 bits per heavy atom. The van der Waals surface area contributed by atoms with Gasteiger partial charge in [-0.25, -0.2) is 4.79 Å². The maximum absolute atomic E-state index is 12.9. The van der Waals surface area contributed by atoms with Gasteiger partial charge >= 0.3 is 17.9 Å². The average Bonchev–Trinajstić information content (AvgIpc) is 3.30. The van der Waals surface area contributed by atoms with E-state index in [1.807, 2.05) is 20.8 Å². The van der Waals surface area contributed by atoms with E-state index in [0.29, 0.717) is 6.42 Å². The van der Waals surface area contributed by atoms with E-state index in [0.717, 1.165) is 5.57 Å². The van der Waals surface area contributed by atoms with E-state index in [1.165, 1.54) is 13.8 Å². The molecule has 9 heteroatoms. The van der Waals surface area contributed by atoms with Gasteiger partial charge in [-0.2, -0.15) is 0 Å². The third kappa shape index (κ3) is 2.22. The van der Waals surface area contributed by atoms with Gasteiger partial charge in [0.25, 0.3) is 0 Å². The normalized spacial score (nSPS) is 55.6. The molecule has 33 heavy (non-hydrogen) atoms. The van der Waals surface area contributed by atoms with Crippen molar-refractivity contribution in [2.45, 2.75) is 102 Å². The summed E-state index contributed by atoms with van der Waals surface area (Å²) in [6.45, 7) is 9.69. The number of carbonyl (C=O) groups is 3. The lowest BCUT2D eigenvalue weighted by atomic mass is 9.30. The van der Waals surface area contributed by atoms with Crippen molar-refractivity contribution in [1.82, 2.24) is 0 Å². The van der Waals surface area contributed by atoms with Crippen LogP contribution in [-0.2, 0) is 33.3 Å². The Labute approximate surface area is 192 Å². The fourth-order valence-electron chi connectivity index (χ4n) is 8.06. The van der Waals surface area contributed by atoms with Gasteiger partial charge in [-0.05, 0) is 38.7 Å². The second-order valence-corrected chi connectivity index (χ2v) is 10.9. The molecule has 0 aromatic carbocycles. The third-order valence-corrected chi connectivity index (χ3v) is 9.40. The lowest BCUT2D eigenvalue weighted by molar-refractivity contribution is -0.417. The number of aliphatic hydroxyl groups excluding tert-OH is 1. The molecule has 2 heterocycles. The molecular formula is C24H32O9. The fourth-order valence-corrected chi connectivity index (χ4v) is 8.06. The summed E-state index contributed by atoms with van der Waals surface area (Å²) in [5, 5.41) is 23.7. The maximum Gasteiger partial charge on any atom is 0.342 e. The first-order valence-electron chi connectivity index (χ1n) is 11.6. The smallest absolute Gasteiger partial charge is 0.342 e. The van der Waals surface area contributed by atoms with Crippen molar-refractivity contribution >= 4 is 17.9 Å². The second-order valence-electron chi connectivity index (χ2n) is 10.9. The minimum atomic E-state index is -1.87. The zero-order valence-corrected chi connectivity index (χ0v) is 19.8. The molecule has 4 fully saturated rings. The highest BCUT2D eigenvalue weighted by molar-refractivity contribution is 5.90. The Morgan fingerprint density at radius 1 is 1.21 bits per heavy atom. The van der Waals surface area contributed by atoms with Crippen molar-refractivity contribution < 1.29 is 43.5 Å². The Kier molecular flexibility index (Phi) is 4.40. The molecule has 2 saturated carbocycles. The number of rotatable bonds is 2. The molecule has 2 saturated heterocycles. The first-order valence-corrected chi connectivity index (χ1v) is 11.6. The van der Waals surface area contributed by atoms with Gasteiger partial charge < -0.3 is 29.2 Å². The van der Waals surface area contributed by atoms with Crippen LogP contribution in [0.25, 0.3) is 0 Å². The first kappa shape index (κ1) is 22.8. The second kappa shape index (κ2) is 6.37. The summed E-state index contributed by atoms with van der Waals surface area (Å²) >= 11 is 0. The molecule has 2 N–H and O–H groups in total. The number of hydrogen-bond donors (Lipinski definition) is 2. The molecule has 5 rings (SSSR count). The van der Waals surface area contributed by atoms with Gasteiger partial charge in [0.05, 0.1) is 11.5 Å². The number of esters is 3. The molecule has 0 aromatic heterocycles. The van der Waals surface area contributed by atoms with Gasteiger partial charge in [0.15, 0.2) is 22.9 Å². The first-order chi connectivity index (χ1) is 15.2. The summed E-state index contributed by atoms with van der Waals surface area (Å²) in [5.41, 5.74) is -6.46. The monoisotopic (exact) mass is 464 g/mol. The standard InChI is InChI=1S/C24H32O9/c1-11-7-8-22(32-14(4)26)20(5)16(30-13(3)25)10-15(27)12(2)18(20)23(22,29)24-17(9-11)31-19(28)21(24,6)33-24/h9,12,15-18,27,29H,7-8,10H2,1-6H3/b11-9-/t12-,15-,16-,17-,18-,20-,21+,22+,23-,24+/m0/s1. The zero-order chi connectivity index (χ0) is 24.4. The van der Waals surface area contributed by atoms with Crippen LogP contribution in [0, 0.1) is 17.3 Å². The molecule has 0 unspecified atom stereocenters. The van der Waals surface area contributed by atoms with Crippen LogP contribution in [0.5, 0.6) is 0 Å². The highest BCUT2D eigenvalue weighted by atomic mass is 16.7. The summed E-state index contributed by atoms with van der Waals surface area (Å²) in [7, 11) is 0. The minimum Gasteiger partial charge on any atom is -0.462 e. The largest absolute Gasteiger partial charge is 0.462 e. The molecule has 10 atom stereocenters. The van der Waals surface area contributed by atoms with E-state index < -0.39 is 75.9 Å². The van der Waals surface area contributed by atoms with Crippen LogP contribution in [0.3, 0.4) is 0 Å². The molecule has 2 aliphatic heterocycles. The Bertz CT molecular complexity index is 990. The molecule has 9 nitrogen and oxygen atoms in total. The third-order valence-electron chi connectivity index (χ3n) is 9.40. The van der Waals surface area contributed by atoms with Crippen LogP contribution in [0.15, 0.2) is 11.6 Å². The molecule has 0 aromatic rings. The highest BCUT2D eigenvalue weighted by Crippen LogP contribution is 2.81. The van der Waals surface area contributed by atoms with Crippen molar-refractivity contribution in [3.63, 3.8) is 0 Å². The summed E-state index contributed by atoms with van der Waals surface area (Å²) in [5.74, 6) is -2.88. The van der Waals surface area contributed by atoms with Crippen LogP contribution in [-0.4, -0.2) is 68.8 Å². The molecule has 0 bridgehead atoms. The van der Waals surface area contributed by atoms with E-state index in [-0.39, 0.29) is 12.8 Å². The van der Waals surface area contributed by atoms with Crippen LogP contribution in [0.1, 0.15) is 60.8 Å². The predicted molar refractivity (Wildman–Crippen MR) is 111 cm³/mol. The van der Waals surface area contributed by atoms with Gasteiger partial charge in [-0.1, -0.05) is 19.4 Å². The highest BCUT2D eigenvalue weighted by Gasteiger charge is 3.00. The Hall–Kier alpha value is -1.97. The number of allylic oxidation sites excluding steroid dienone is 1. The van der Waals surface area contributed by atoms with E-state index in [1.54, 1.807) is 13.0 Å². The molecule has 5 aliphatic rings. The number of aliphatic hydroxyl groups is 2. The van der Waals surface area contributed by atoms with Gasteiger partial charge in [0.1, 0.15) is 11.7 Å². The molecule has 0 radical (unpaired) electrons. The van der Waals surface area contributed by atoms with Crippen LogP contribution >= 0.6 is 0 Å². The van der Waals surface area contributed by atoms with Crippen molar-refractivity contribution in [2.75, 3.05) is 0 Å². The summed E-state index contributed by atoms with van der Waals surface area (Å²) < 4.78 is 23.6. The average molecular weight is 465 g/mol. The maximum atomic E-state index is 12.9. The van der Waals surface area contributed by atoms with Crippen LogP contribution in [0.2, 0.25) is 0 Å². The fraction of sp³-hybridized carbons (Fsp3) is 0.792. The lowest BCUT2D eigenvalue weighted by Gasteiger charge is -2.77. The minimum absolute atomic E-state index is 0.144. The topological polar surface area (TPSA) is 132 Å². The van der Waals surface area contributed by atoms with Gasteiger partial charge in [0.2, 0.25) is 0 Å². The summed E-state index contributed by atoms with van der Waals surface area (Å²) in [6.07, 6.45) is 0.0717. The van der Waals surface area contributed by atoms with Gasteiger partial charge in [0, 0.05) is 26.2 Å². The number of carbonyl (C=O) groups excluding carboxylic acids is 3. The lowest BCUT2D eigenvalue weighted by Crippen LogP contribution is -2.92. The number of ether oxygens (including phenoxy) is 4. The summed E-state index contributed by atoms with van der Waals surface area (Å²) in [4.78, 5) is 37.4. The molecule has 182 valence electrons. The number of epoxide rings is 1. The molecule has 3 aliphatic carbocycles. The Morgan fingerprint density at radius 2 is 1.88 bits per heavy atom. The predicted octanol–water partition coefficient (Wildman–Crippen LogP) is 1.18. The Balaban J connectivity index is 1.79. The van der Waals surface area contributed by atoms with E-state index in [4.69, 9.17) is 18.9 Å². The molecule has 0 amide bonds. The quantitative estimate of drug-likeness (QED) is 0.268. The van der Waals surface area contributed by atoms with Crippen molar-refractivity contribution in [2.24, 2.45) is 17.3 Å². The van der Waals surface area contributed by atoms with Crippen molar-refractivity contribution in [3.8, 4) is 0 Å². The molecule has 1 spiro atoms.